The summed E-state index contributed by atoms with van der Waals surface area (Å²) in [7, 11) is 0. The summed E-state index contributed by atoms with van der Waals surface area (Å²) < 4.78 is 7.32. The van der Waals surface area contributed by atoms with Crippen LogP contribution in [0.25, 0.3) is 0 Å². The molecule has 1 aliphatic heterocycles. The average molecular weight is 476 g/mol. The highest BCUT2D eigenvalue weighted by Crippen LogP contribution is 2.47. The molecule has 5 rings (SSSR count). The lowest BCUT2D eigenvalue weighted by molar-refractivity contribution is -0.117. The molecular formula is C27H33N5O3. The lowest BCUT2D eigenvalue weighted by Crippen LogP contribution is -2.34. The van der Waals surface area contributed by atoms with Crippen LogP contribution in [0, 0.1) is 0 Å². The average Bonchev–Trinajstić information content (AvgIpc) is 3.39. The van der Waals surface area contributed by atoms with E-state index >= 15 is 0 Å². The molecule has 3 heterocycles. The van der Waals surface area contributed by atoms with Crippen LogP contribution >= 0.6 is 0 Å². The second kappa shape index (κ2) is 7.73. The molecule has 1 aliphatic carbocycles. The number of benzene rings is 1. The Morgan fingerprint density at radius 3 is 2.34 bits per heavy atom. The summed E-state index contributed by atoms with van der Waals surface area (Å²) in [6.45, 7) is 12.4. The van der Waals surface area contributed by atoms with Gasteiger partial charge in [-0.25, -0.2) is 4.68 Å². The number of nitrogen functional groups attached to an aromatic ring is 1. The van der Waals surface area contributed by atoms with E-state index in [4.69, 9.17) is 10.2 Å². The lowest BCUT2D eigenvalue weighted by atomic mass is 9.75. The van der Waals surface area contributed by atoms with Crippen LogP contribution in [0.15, 0.2) is 46.2 Å². The maximum absolute atomic E-state index is 13.7. The second-order valence-corrected chi connectivity index (χ2v) is 11.7. The minimum absolute atomic E-state index is 0.0348. The SMILES string of the molecule is CC(C)(C)c1cc(C2C3=C(CC(c4ccco4)CC3=O)Nc3nc(N)nn32)cc(C(C)(C)C)c1O. The van der Waals surface area contributed by atoms with Gasteiger partial charge in [0.25, 0.3) is 0 Å². The third-order valence-electron chi connectivity index (χ3n) is 6.95. The number of anilines is 2. The summed E-state index contributed by atoms with van der Waals surface area (Å²) in [5, 5.41) is 19.0. The molecule has 0 spiro atoms. The second-order valence-electron chi connectivity index (χ2n) is 11.7. The number of furan rings is 1. The number of phenolic OH excluding ortho intramolecular Hbond substituents is 1. The minimum atomic E-state index is -0.501. The molecule has 184 valence electrons. The molecule has 0 radical (unpaired) electrons. The van der Waals surface area contributed by atoms with Gasteiger partial charge in [-0.3, -0.25) is 4.79 Å². The van der Waals surface area contributed by atoms with E-state index in [1.807, 2.05) is 24.3 Å². The molecule has 35 heavy (non-hydrogen) atoms. The van der Waals surface area contributed by atoms with Crippen LogP contribution in [0.2, 0.25) is 0 Å². The van der Waals surface area contributed by atoms with Gasteiger partial charge < -0.3 is 20.6 Å². The minimum Gasteiger partial charge on any atom is -0.507 e. The molecular weight excluding hydrogens is 442 g/mol. The number of nitrogens with zero attached hydrogens (tertiary/aromatic N) is 3. The summed E-state index contributed by atoms with van der Waals surface area (Å²) in [6, 6.07) is 7.25. The van der Waals surface area contributed by atoms with Crippen molar-refractivity contribution in [1.29, 1.82) is 0 Å². The number of hydrogen-bond acceptors (Lipinski definition) is 7. The standard InChI is InChI=1S/C27H33N5O3/c1-26(2,3)16-10-15(11-17(23(16)34)27(4,5)6)22-21-18(29-25-30-24(28)31-32(22)25)12-14(13-19(21)33)20-8-7-9-35-20/h7-11,14,22,34H,12-13H2,1-6H3,(H3,28,29,30,31). The Labute approximate surface area is 205 Å². The van der Waals surface area contributed by atoms with E-state index < -0.39 is 6.04 Å². The molecule has 8 heteroatoms. The number of rotatable bonds is 2. The fourth-order valence-electron chi connectivity index (χ4n) is 5.22. The molecule has 2 aromatic heterocycles. The lowest BCUT2D eigenvalue weighted by Gasteiger charge is -2.36. The molecule has 3 aromatic rings. The van der Waals surface area contributed by atoms with Crippen molar-refractivity contribution in [1.82, 2.24) is 14.8 Å². The van der Waals surface area contributed by atoms with Crippen molar-refractivity contribution in [3.8, 4) is 5.75 Å². The molecule has 8 nitrogen and oxygen atoms in total. The smallest absolute Gasteiger partial charge is 0.241 e. The highest BCUT2D eigenvalue weighted by Gasteiger charge is 2.41. The Kier molecular flexibility index (Phi) is 5.12. The van der Waals surface area contributed by atoms with Crippen molar-refractivity contribution >= 4 is 17.7 Å². The number of Topliss-reactive ketones (excluding diaryl/α,β-unsaturated/α-hetero) is 1. The van der Waals surface area contributed by atoms with Crippen LogP contribution in [0.3, 0.4) is 0 Å². The van der Waals surface area contributed by atoms with Crippen LogP contribution in [0.4, 0.5) is 11.9 Å². The predicted octanol–water partition coefficient (Wildman–Crippen LogP) is 5.17. The number of aromatic nitrogens is 3. The summed E-state index contributed by atoms with van der Waals surface area (Å²) in [5.41, 5.74) is 9.39. The Balaban J connectivity index is 1.73. The Morgan fingerprint density at radius 2 is 1.77 bits per heavy atom. The van der Waals surface area contributed by atoms with Crippen molar-refractivity contribution in [3.63, 3.8) is 0 Å². The van der Waals surface area contributed by atoms with Crippen molar-refractivity contribution in [2.75, 3.05) is 11.1 Å². The van der Waals surface area contributed by atoms with E-state index in [0.29, 0.717) is 30.1 Å². The Hall–Kier alpha value is -3.55. The highest BCUT2D eigenvalue weighted by molar-refractivity contribution is 6.00. The first-order valence-corrected chi connectivity index (χ1v) is 12.0. The molecule has 1 aromatic carbocycles. The summed E-state index contributed by atoms with van der Waals surface area (Å²) in [5.74, 6) is 1.71. The number of nitrogens with one attached hydrogen (secondary N) is 1. The normalized spacial score (nSPS) is 20.5. The van der Waals surface area contributed by atoms with Gasteiger partial charge in [-0.2, -0.15) is 4.98 Å². The summed E-state index contributed by atoms with van der Waals surface area (Å²) in [4.78, 5) is 18.1. The van der Waals surface area contributed by atoms with Gasteiger partial charge in [0, 0.05) is 23.6 Å². The van der Waals surface area contributed by atoms with E-state index in [0.717, 1.165) is 28.1 Å². The van der Waals surface area contributed by atoms with Crippen LogP contribution in [0.5, 0.6) is 5.75 Å². The van der Waals surface area contributed by atoms with Gasteiger partial charge in [0.15, 0.2) is 5.78 Å². The first kappa shape index (κ1) is 23.2. The van der Waals surface area contributed by atoms with Crippen LogP contribution in [-0.4, -0.2) is 25.7 Å². The third-order valence-corrected chi connectivity index (χ3v) is 6.95. The number of ketones is 1. The van der Waals surface area contributed by atoms with Gasteiger partial charge in [-0.15, -0.1) is 5.10 Å². The first-order valence-electron chi connectivity index (χ1n) is 12.0. The van der Waals surface area contributed by atoms with Crippen molar-refractivity contribution in [2.45, 2.75) is 77.2 Å². The fourth-order valence-corrected chi connectivity index (χ4v) is 5.22. The molecule has 4 N–H and O–H groups in total. The van der Waals surface area contributed by atoms with E-state index in [9.17, 15) is 9.90 Å². The van der Waals surface area contributed by atoms with Gasteiger partial charge in [0.2, 0.25) is 11.9 Å². The molecule has 2 atom stereocenters. The van der Waals surface area contributed by atoms with E-state index in [1.54, 1.807) is 10.9 Å². The quantitative estimate of drug-likeness (QED) is 0.468. The fraction of sp³-hybridized carbons (Fsp3) is 0.444. The topological polar surface area (TPSA) is 119 Å². The van der Waals surface area contributed by atoms with Crippen molar-refractivity contribution < 1.29 is 14.3 Å². The largest absolute Gasteiger partial charge is 0.507 e. The molecule has 0 bridgehead atoms. The number of nitrogens with two attached hydrogens (primary N) is 1. The Bertz CT molecular complexity index is 1300. The van der Waals surface area contributed by atoms with Gasteiger partial charge in [-0.1, -0.05) is 41.5 Å². The molecule has 0 fully saturated rings. The molecule has 0 saturated heterocycles. The zero-order valence-electron chi connectivity index (χ0n) is 21.1. The Morgan fingerprint density at radius 1 is 1.11 bits per heavy atom. The molecule has 2 unspecified atom stereocenters. The zero-order valence-corrected chi connectivity index (χ0v) is 21.1. The number of phenols is 1. The molecule has 0 saturated carbocycles. The van der Waals surface area contributed by atoms with Gasteiger partial charge in [-0.05, 0) is 58.2 Å². The number of fused-ring (bicyclic) bond motifs is 1. The van der Waals surface area contributed by atoms with Crippen LogP contribution in [-0.2, 0) is 15.6 Å². The van der Waals surface area contributed by atoms with Gasteiger partial charge in [0.05, 0.1) is 6.26 Å². The number of allylic oxidation sites excluding steroid dienone is 2. The third kappa shape index (κ3) is 3.90. The van der Waals surface area contributed by atoms with Crippen LogP contribution < -0.4 is 11.1 Å². The number of carbonyl (C=O) groups excluding carboxylic acids is 1. The van der Waals surface area contributed by atoms with Crippen molar-refractivity contribution in [2.24, 2.45) is 0 Å². The van der Waals surface area contributed by atoms with E-state index in [1.165, 1.54) is 0 Å². The first-order chi connectivity index (χ1) is 16.3. The summed E-state index contributed by atoms with van der Waals surface area (Å²) in [6.07, 6.45) is 2.60. The van der Waals surface area contributed by atoms with Crippen LogP contribution in [0.1, 0.15) is 88.8 Å². The zero-order chi connectivity index (χ0) is 25.3. The number of hydrogen-bond donors (Lipinski definition) is 3. The summed E-state index contributed by atoms with van der Waals surface area (Å²) >= 11 is 0. The molecule has 0 amide bonds. The van der Waals surface area contributed by atoms with Gasteiger partial charge in [0.1, 0.15) is 17.6 Å². The highest BCUT2D eigenvalue weighted by atomic mass is 16.3. The number of carbonyl (C=O) groups is 1. The predicted molar refractivity (Wildman–Crippen MR) is 134 cm³/mol. The van der Waals surface area contributed by atoms with E-state index in [2.05, 4.69) is 56.9 Å². The maximum atomic E-state index is 13.7. The van der Waals surface area contributed by atoms with Gasteiger partial charge >= 0.3 is 0 Å². The molecule has 2 aliphatic rings. The number of aromatic hydroxyl groups is 1. The van der Waals surface area contributed by atoms with E-state index in [-0.39, 0.29) is 28.5 Å². The van der Waals surface area contributed by atoms with Crippen molar-refractivity contribution in [3.05, 3.63) is 64.2 Å². The monoisotopic (exact) mass is 475 g/mol. The maximum Gasteiger partial charge on any atom is 0.241 e.